The van der Waals surface area contributed by atoms with Gasteiger partial charge in [0.1, 0.15) is 5.78 Å². The van der Waals surface area contributed by atoms with Gasteiger partial charge < -0.3 is 4.84 Å². The summed E-state index contributed by atoms with van der Waals surface area (Å²) in [6.07, 6.45) is -1.62. The maximum atomic E-state index is 14.2. The van der Waals surface area contributed by atoms with E-state index < -0.39 is 18.2 Å². The van der Waals surface area contributed by atoms with Crippen molar-refractivity contribution in [3.05, 3.63) is 68.2 Å². The molecular formula is C23H19Cl3F3NO2. The van der Waals surface area contributed by atoms with Crippen LogP contribution < -0.4 is 0 Å². The summed E-state index contributed by atoms with van der Waals surface area (Å²) in [6.45, 7) is 0. The van der Waals surface area contributed by atoms with Crippen molar-refractivity contribution in [3.8, 4) is 0 Å². The second kappa shape index (κ2) is 8.88. The topological polar surface area (TPSA) is 38.7 Å². The number of carbonyl (C=O) groups is 1. The van der Waals surface area contributed by atoms with Gasteiger partial charge in [0.05, 0.1) is 5.71 Å². The Balaban J connectivity index is 1.58. The van der Waals surface area contributed by atoms with Crippen LogP contribution >= 0.6 is 34.8 Å². The van der Waals surface area contributed by atoms with Crippen molar-refractivity contribution in [2.24, 2.45) is 11.1 Å². The number of benzene rings is 2. The molecular weight excluding hydrogens is 486 g/mol. The highest BCUT2D eigenvalue weighted by molar-refractivity contribution is 6.34. The molecule has 0 saturated heterocycles. The average molecular weight is 505 g/mol. The van der Waals surface area contributed by atoms with E-state index >= 15 is 0 Å². The third-order valence-electron chi connectivity index (χ3n) is 6.10. The van der Waals surface area contributed by atoms with Crippen LogP contribution in [0.3, 0.4) is 0 Å². The Morgan fingerprint density at radius 2 is 1.78 bits per heavy atom. The van der Waals surface area contributed by atoms with Crippen LogP contribution in [0.2, 0.25) is 15.1 Å². The monoisotopic (exact) mass is 503 g/mol. The van der Waals surface area contributed by atoms with Crippen LogP contribution in [0.4, 0.5) is 13.2 Å². The molecule has 1 aliphatic carbocycles. The molecule has 1 aliphatic heterocycles. The summed E-state index contributed by atoms with van der Waals surface area (Å²) in [5, 5.41) is 4.37. The molecule has 0 radical (unpaired) electrons. The number of hydrogen-bond acceptors (Lipinski definition) is 3. The summed E-state index contributed by atoms with van der Waals surface area (Å²) in [6, 6.07) is 8.59. The van der Waals surface area contributed by atoms with Crippen molar-refractivity contribution >= 4 is 46.3 Å². The quantitative estimate of drug-likeness (QED) is 0.408. The summed E-state index contributed by atoms with van der Waals surface area (Å²) in [7, 11) is 0. The van der Waals surface area contributed by atoms with Gasteiger partial charge in [0.2, 0.25) is 0 Å². The number of oxime groups is 1. The molecule has 1 saturated carbocycles. The van der Waals surface area contributed by atoms with Crippen LogP contribution in [0.25, 0.3) is 0 Å². The van der Waals surface area contributed by atoms with Gasteiger partial charge in [0, 0.05) is 39.4 Å². The minimum Gasteiger partial charge on any atom is -0.374 e. The summed E-state index contributed by atoms with van der Waals surface area (Å²) in [4.78, 5) is 17.3. The molecule has 1 fully saturated rings. The van der Waals surface area contributed by atoms with Crippen molar-refractivity contribution < 1.29 is 22.8 Å². The molecule has 32 heavy (non-hydrogen) atoms. The predicted molar refractivity (Wildman–Crippen MR) is 119 cm³/mol. The van der Waals surface area contributed by atoms with E-state index in [1.54, 1.807) is 18.2 Å². The van der Waals surface area contributed by atoms with Crippen LogP contribution in [0, 0.1) is 5.92 Å². The number of halogens is 6. The van der Waals surface area contributed by atoms with Gasteiger partial charge in [-0.05, 0) is 60.7 Å². The fourth-order valence-electron chi connectivity index (χ4n) is 3.98. The van der Waals surface area contributed by atoms with E-state index in [0.29, 0.717) is 29.0 Å². The van der Waals surface area contributed by atoms with E-state index in [2.05, 4.69) is 5.16 Å². The first-order valence-electron chi connectivity index (χ1n) is 10.2. The van der Waals surface area contributed by atoms with E-state index in [0.717, 1.165) is 19.3 Å². The van der Waals surface area contributed by atoms with Gasteiger partial charge in [-0.2, -0.15) is 13.2 Å². The molecule has 9 heteroatoms. The summed E-state index contributed by atoms with van der Waals surface area (Å²) >= 11 is 18.2. The Hall–Kier alpha value is -1.76. The second-order valence-electron chi connectivity index (χ2n) is 8.19. The average Bonchev–Trinajstić information content (AvgIpc) is 3.12. The van der Waals surface area contributed by atoms with Gasteiger partial charge in [-0.1, -0.05) is 52.4 Å². The molecule has 0 N–H and O–H groups in total. The van der Waals surface area contributed by atoms with Gasteiger partial charge in [-0.3, -0.25) is 4.79 Å². The third-order valence-corrected chi connectivity index (χ3v) is 6.90. The number of ketones is 1. The molecule has 0 bridgehead atoms. The molecule has 170 valence electrons. The lowest BCUT2D eigenvalue weighted by atomic mass is 9.80. The summed E-state index contributed by atoms with van der Waals surface area (Å²) in [5.74, 6) is 0.328. The van der Waals surface area contributed by atoms with Crippen molar-refractivity contribution in [3.63, 3.8) is 0 Å². The molecule has 2 aromatic carbocycles. The standard InChI is InChI=1S/C23H19Cl3F3NO2/c24-17-9-16(10-18(25)11-17)22(23(27,28)29)12-20(30-32-22)15-4-6-19(26)14(8-15)5-7-21(31)13-2-1-3-13/h4,6,8-11,13H,1-3,5,7,12H2. The molecule has 2 aromatic rings. The first-order valence-corrected chi connectivity index (χ1v) is 11.3. The zero-order valence-corrected chi connectivity index (χ0v) is 19.1. The SMILES string of the molecule is O=C(CCc1cc(C2=NOC(c3cc(Cl)cc(Cl)c3)(C(F)(F)F)C2)ccc1Cl)C1CCC1. The lowest BCUT2D eigenvalue weighted by Crippen LogP contribution is -2.42. The highest BCUT2D eigenvalue weighted by Crippen LogP contribution is 2.49. The Morgan fingerprint density at radius 3 is 2.38 bits per heavy atom. The fourth-order valence-corrected chi connectivity index (χ4v) is 4.72. The van der Waals surface area contributed by atoms with Crippen LogP contribution in [-0.2, 0) is 21.7 Å². The predicted octanol–water partition coefficient (Wildman–Crippen LogP) is 7.53. The Bertz CT molecular complexity index is 1060. The third kappa shape index (κ3) is 4.50. The number of nitrogens with zero attached hydrogens (tertiary/aromatic N) is 1. The van der Waals surface area contributed by atoms with E-state index in [9.17, 15) is 18.0 Å². The van der Waals surface area contributed by atoms with E-state index in [1.165, 1.54) is 18.2 Å². The molecule has 4 rings (SSSR count). The highest BCUT2D eigenvalue weighted by atomic mass is 35.5. The van der Waals surface area contributed by atoms with Crippen molar-refractivity contribution in [1.29, 1.82) is 0 Å². The van der Waals surface area contributed by atoms with E-state index in [-0.39, 0.29) is 33.0 Å². The normalized spacial score (nSPS) is 21.1. The lowest BCUT2D eigenvalue weighted by Gasteiger charge is -2.29. The zero-order chi connectivity index (χ0) is 23.1. The molecule has 1 heterocycles. The first-order chi connectivity index (χ1) is 15.1. The maximum absolute atomic E-state index is 14.2. The number of aryl methyl sites for hydroxylation is 1. The van der Waals surface area contributed by atoms with Crippen LogP contribution in [0.5, 0.6) is 0 Å². The zero-order valence-electron chi connectivity index (χ0n) is 16.8. The Morgan fingerprint density at radius 1 is 1.09 bits per heavy atom. The number of hydrogen-bond donors (Lipinski definition) is 0. The lowest BCUT2D eigenvalue weighted by molar-refractivity contribution is -0.275. The van der Waals surface area contributed by atoms with Gasteiger partial charge in [-0.15, -0.1) is 0 Å². The molecule has 3 nitrogen and oxygen atoms in total. The minimum atomic E-state index is -4.77. The van der Waals surface area contributed by atoms with Crippen LogP contribution in [-0.4, -0.2) is 17.7 Å². The molecule has 1 atom stereocenters. The van der Waals surface area contributed by atoms with Crippen LogP contribution in [0.1, 0.15) is 48.8 Å². The molecule has 0 spiro atoms. The molecule has 0 aromatic heterocycles. The van der Waals surface area contributed by atoms with E-state index in [4.69, 9.17) is 39.6 Å². The second-order valence-corrected chi connectivity index (χ2v) is 9.47. The fraction of sp³-hybridized carbons (Fsp3) is 0.391. The van der Waals surface area contributed by atoms with Crippen LogP contribution in [0.15, 0.2) is 41.6 Å². The number of carbonyl (C=O) groups excluding carboxylic acids is 1. The van der Waals surface area contributed by atoms with E-state index in [1.807, 2.05) is 0 Å². The Labute approximate surface area is 198 Å². The Kier molecular flexibility index (Phi) is 6.49. The highest BCUT2D eigenvalue weighted by Gasteiger charge is 2.62. The van der Waals surface area contributed by atoms with Gasteiger partial charge in [0.25, 0.3) is 5.60 Å². The molecule has 1 unspecified atom stereocenters. The maximum Gasteiger partial charge on any atom is 0.435 e. The summed E-state index contributed by atoms with van der Waals surface area (Å²) < 4.78 is 42.5. The smallest absolute Gasteiger partial charge is 0.374 e. The number of alkyl halides is 3. The number of Topliss-reactive ketones (excluding diaryl/α,β-unsaturated/α-hetero) is 1. The first kappa shape index (κ1) is 23.4. The van der Waals surface area contributed by atoms with Crippen molar-refractivity contribution in [2.75, 3.05) is 0 Å². The summed E-state index contributed by atoms with van der Waals surface area (Å²) in [5.41, 5.74) is -1.64. The van der Waals surface area contributed by atoms with Crippen molar-refractivity contribution in [2.45, 2.75) is 50.3 Å². The van der Waals surface area contributed by atoms with Gasteiger partial charge in [-0.25, -0.2) is 0 Å². The van der Waals surface area contributed by atoms with Gasteiger partial charge in [0.15, 0.2) is 0 Å². The number of rotatable bonds is 6. The molecule has 0 amide bonds. The minimum absolute atomic E-state index is 0.0677. The molecule has 2 aliphatic rings. The van der Waals surface area contributed by atoms with Crippen molar-refractivity contribution in [1.82, 2.24) is 0 Å². The van der Waals surface area contributed by atoms with Gasteiger partial charge >= 0.3 is 6.18 Å². The largest absolute Gasteiger partial charge is 0.435 e.